The van der Waals surface area contributed by atoms with Crippen molar-refractivity contribution in [2.24, 2.45) is 0 Å². The summed E-state index contributed by atoms with van der Waals surface area (Å²) in [7, 11) is -4.41. The maximum atomic E-state index is 12.3. The van der Waals surface area contributed by atoms with Gasteiger partial charge in [0.05, 0.1) is 21.7 Å². The molecule has 0 unspecified atom stereocenters. The molecule has 2 aromatic carbocycles. The lowest BCUT2D eigenvalue weighted by Crippen LogP contribution is -2.29. The molecule has 0 fully saturated rings. The van der Waals surface area contributed by atoms with E-state index in [1.54, 1.807) is 12.1 Å². The molecule has 0 atom stereocenters. The number of fused-ring (bicyclic) bond motifs is 1. The highest BCUT2D eigenvalue weighted by Gasteiger charge is 2.36. The van der Waals surface area contributed by atoms with Gasteiger partial charge in [0.2, 0.25) is 0 Å². The zero-order valence-corrected chi connectivity index (χ0v) is 11.4. The first-order chi connectivity index (χ1) is 9.89. The van der Waals surface area contributed by atoms with Crippen LogP contribution in [0.3, 0.4) is 0 Å². The van der Waals surface area contributed by atoms with Gasteiger partial charge < -0.3 is 0 Å². The van der Waals surface area contributed by atoms with Crippen LogP contribution in [0.5, 0.6) is 0 Å². The van der Waals surface area contributed by atoms with Crippen LogP contribution in [0.25, 0.3) is 0 Å². The summed E-state index contributed by atoms with van der Waals surface area (Å²) in [4.78, 5) is 25.0. The minimum Gasteiger partial charge on any atom is -0.282 e. The molecular weight excluding hydrogens is 294 g/mol. The second kappa shape index (κ2) is 4.51. The molecule has 7 heteroatoms. The van der Waals surface area contributed by atoms with Crippen LogP contribution in [0.4, 0.5) is 5.69 Å². The largest absolute Gasteiger partial charge is 0.294 e. The van der Waals surface area contributed by atoms with Gasteiger partial charge in [-0.2, -0.15) is 8.42 Å². The third-order valence-electron chi connectivity index (χ3n) is 3.17. The second-order valence-electron chi connectivity index (χ2n) is 4.46. The minimum absolute atomic E-state index is 0.0938. The summed E-state index contributed by atoms with van der Waals surface area (Å²) in [5, 5.41) is 0. The zero-order chi connectivity index (χ0) is 15.2. The van der Waals surface area contributed by atoms with E-state index in [-0.39, 0.29) is 21.7 Å². The Morgan fingerprint density at radius 3 is 1.95 bits per heavy atom. The van der Waals surface area contributed by atoms with E-state index in [2.05, 4.69) is 0 Å². The summed E-state index contributed by atoms with van der Waals surface area (Å²) in [6, 6.07) is 11.4. The van der Waals surface area contributed by atoms with Crippen LogP contribution >= 0.6 is 0 Å². The van der Waals surface area contributed by atoms with Crippen molar-refractivity contribution < 1.29 is 22.6 Å². The first-order valence-electron chi connectivity index (χ1n) is 5.95. The number of nitrogens with zero attached hydrogens (tertiary/aromatic N) is 1. The number of carbonyl (C=O) groups is 2. The van der Waals surface area contributed by atoms with Gasteiger partial charge in [-0.25, -0.2) is 4.90 Å². The van der Waals surface area contributed by atoms with E-state index in [0.29, 0.717) is 0 Å². The molecule has 3 rings (SSSR count). The van der Waals surface area contributed by atoms with Gasteiger partial charge >= 0.3 is 0 Å². The minimum atomic E-state index is -4.41. The average molecular weight is 303 g/mol. The van der Waals surface area contributed by atoms with Gasteiger partial charge in [-0.05, 0) is 30.3 Å². The molecular formula is C14H9NO5S. The molecule has 0 saturated heterocycles. The smallest absolute Gasteiger partial charge is 0.282 e. The Morgan fingerprint density at radius 1 is 0.857 bits per heavy atom. The molecule has 0 aliphatic carbocycles. The molecule has 2 aromatic rings. The third kappa shape index (κ3) is 2.12. The quantitative estimate of drug-likeness (QED) is 0.674. The van der Waals surface area contributed by atoms with Crippen molar-refractivity contribution in [2.75, 3.05) is 4.90 Å². The van der Waals surface area contributed by atoms with Crippen molar-refractivity contribution in [3.05, 3.63) is 59.7 Å². The van der Waals surface area contributed by atoms with Crippen molar-refractivity contribution in [1.82, 2.24) is 0 Å². The summed E-state index contributed by atoms with van der Waals surface area (Å²) in [5.74, 6) is -1.05. The van der Waals surface area contributed by atoms with E-state index in [1.807, 2.05) is 0 Å². The number of carbonyl (C=O) groups excluding carboxylic acids is 2. The molecule has 1 aliphatic heterocycles. The predicted molar refractivity (Wildman–Crippen MR) is 73.8 cm³/mol. The van der Waals surface area contributed by atoms with Gasteiger partial charge in [-0.3, -0.25) is 14.1 Å². The maximum Gasteiger partial charge on any atom is 0.294 e. The van der Waals surface area contributed by atoms with Crippen molar-refractivity contribution in [2.45, 2.75) is 4.90 Å². The zero-order valence-electron chi connectivity index (χ0n) is 10.6. The van der Waals surface area contributed by atoms with Crippen LogP contribution in [0.1, 0.15) is 20.7 Å². The molecule has 0 aromatic heterocycles. The highest BCUT2D eigenvalue weighted by Crippen LogP contribution is 2.29. The Kier molecular flexibility index (Phi) is 2.89. The number of hydrogen-bond acceptors (Lipinski definition) is 4. The lowest BCUT2D eigenvalue weighted by Gasteiger charge is -2.14. The summed E-state index contributed by atoms with van der Waals surface area (Å²) < 4.78 is 31.3. The van der Waals surface area contributed by atoms with Crippen molar-refractivity contribution in [3.63, 3.8) is 0 Å². The second-order valence-corrected chi connectivity index (χ2v) is 5.89. The molecule has 21 heavy (non-hydrogen) atoms. The number of anilines is 1. The number of amides is 2. The van der Waals surface area contributed by atoms with Gasteiger partial charge in [0.15, 0.2) is 0 Å². The molecule has 106 valence electrons. The third-order valence-corrected chi connectivity index (χ3v) is 4.02. The van der Waals surface area contributed by atoms with Gasteiger partial charge in [0.25, 0.3) is 21.9 Å². The van der Waals surface area contributed by atoms with Crippen LogP contribution in [-0.2, 0) is 10.1 Å². The number of benzene rings is 2. The molecule has 1 aliphatic rings. The fraction of sp³-hybridized carbons (Fsp3) is 0. The van der Waals surface area contributed by atoms with Gasteiger partial charge in [0.1, 0.15) is 0 Å². The monoisotopic (exact) mass is 303 g/mol. The van der Waals surface area contributed by atoms with E-state index < -0.39 is 21.9 Å². The molecule has 1 heterocycles. The molecule has 6 nitrogen and oxygen atoms in total. The lowest BCUT2D eigenvalue weighted by atomic mass is 10.1. The summed E-state index contributed by atoms with van der Waals surface area (Å²) >= 11 is 0. The molecule has 0 bridgehead atoms. The maximum absolute atomic E-state index is 12.3. The fourth-order valence-electron chi connectivity index (χ4n) is 2.21. The van der Waals surface area contributed by atoms with Gasteiger partial charge in [0, 0.05) is 0 Å². The van der Waals surface area contributed by atoms with Crippen LogP contribution in [0.15, 0.2) is 53.4 Å². The van der Waals surface area contributed by atoms with Crippen molar-refractivity contribution >= 4 is 27.6 Å². The van der Waals surface area contributed by atoms with Crippen LogP contribution in [0.2, 0.25) is 0 Å². The highest BCUT2D eigenvalue weighted by molar-refractivity contribution is 7.85. The molecule has 0 radical (unpaired) electrons. The SMILES string of the molecule is O=C1c2ccccc2C(=O)N1c1cccc(S(=O)(=O)O)c1. The van der Waals surface area contributed by atoms with E-state index in [9.17, 15) is 18.0 Å². The van der Waals surface area contributed by atoms with Gasteiger partial charge in [-0.1, -0.05) is 18.2 Å². The molecule has 2 amide bonds. The Bertz CT molecular complexity index is 837. The molecule has 0 saturated carbocycles. The Morgan fingerprint density at radius 2 is 1.43 bits per heavy atom. The van der Waals surface area contributed by atoms with Crippen molar-refractivity contribution in [3.8, 4) is 0 Å². The highest BCUT2D eigenvalue weighted by atomic mass is 32.2. The molecule has 1 N–H and O–H groups in total. The first-order valence-corrected chi connectivity index (χ1v) is 7.39. The fourth-order valence-corrected chi connectivity index (χ4v) is 2.73. The van der Waals surface area contributed by atoms with E-state index in [1.165, 1.54) is 30.3 Å². The molecule has 0 spiro atoms. The topological polar surface area (TPSA) is 91.8 Å². The number of imide groups is 1. The van der Waals surface area contributed by atoms with Crippen LogP contribution in [0, 0.1) is 0 Å². The Balaban J connectivity index is 2.12. The number of rotatable bonds is 2. The Labute approximate surface area is 120 Å². The average Bonchev–Trinajstić information content (AvgIpc) is 2.71. The van der Waals surface area contributed by atoms with E-state index >= 15 is 0 Å². The first kappa shape index (κ1) is 13.5. The summed E-state index contributed by atoms with van der Waals surface area (Å²) in [5.41, 5.74) is 0.621. The van der Waals surface area contributed by atoms with Crippen LogP contribution in [-0.4, -0.2) is 24.8 Å². The van der Waals surface area contributed by atoms with E-state index in [4.69, 9.17) is 4.55 Å². The normalized spacial score (nSPS) is 14.4. The summed E-state index contributed by atoms with van der Waals surface area (Å²) in [6.45, 7) is 0. The van der Waals surface area contributed by atoms with Gasteiger partial charge in [-0.15, -0.1) is 0 Å². The lowest BCUT2D eigenvalue weighted by molar-refractivity contribution is 0.0926. The van der Waals surface area contributed by atoms with E-state index in [0.717, 1.165) is 11.0 Å². The van der Waals surface area contributed by atoms with Crippen LogP contribution < -0.4 is 4.90 Å². The summed E-state index contributed by atoms with van der Waals surface area (Å²) in [6.07, 6.45) is 0. The number of hydrogen-bond donors (Lipinski definition) is 1. The predicted octanol–water partition coefficient (Wildman–Crippen LogP) is 1.73. The van der Waals surface area contributed by atoms with Crippen molar-refractivity contribution in [1.29, 1.82) is 0 Å². The standard InChI is InChI=1S/C14H9NO5S/c16-13-11-6-1-2-7-12(11)14(17)15(13)9-4-3-5-10(8-9)21(18,19)20/h1-8H,(H,18,19,20). The Hall–Kier alpha value is -2.51.